The lowest BCUT2D eigenvalue weighted by atomic mass is 9.86. The van der Waals surface area contributed by atoms with Crippen molar-refractivity contribution in [3.05, 3.63) is 29.1 Å². The Morgan fingerprint density at radius 3 is 2.40 bits per heavy atom. The van der Waals surface area contributed by atoms with E-state index < -0.39 is 28.8 Å². The molecule has 0 saturated heterocycles. The second kappa shape index (κ2) is 2.74. The lowest BCUT2D eigenvalue weighted by Gasteiger charge is -2.14. The fourth-order valence-electron chi connectivity index (χ4n) is 1.60. The molecular weight excluding hydrogens is 207 g/mol. The molecule has 1 aromatic rings. The van der Waals surface area contributed by atoms with E-state index in [1.54, 1.807) is 0 Å². The summed E-state index contributed by atoms with van der Waals surface area (Å²) in [5.74, 6) is -4.66. The second-order valence-electron chi connectivity index (χ2n) is 3.99. The monoisotopic (exact) mass is 215 g/mol. The third-order valence-electron chi connectivity index (χ3n) is 2.64. The molecule has 2 nitrogen and oxygen atoms in total. The van der Waals surface area contributed by atoms with Crippen LogP contribution in [0.4, 0.5) is 18.9 Å². The summed E-state index contributed by atoms with van der Waals surface area (Å²) in [6.45, 7) is 3.04. The van der Waals surface area contributed by atoms with Crippen LogP contribution < -0.4 is 5.32 Å². The van der Waals surface area contributed by atoms with Crippen LogP contribution in [0.25, 0.3) is 0 Å². The van der Waals surface area contributed by atoms with Crippen molar-refractivity contribution in [2.75, 3.05) is 5.32 Å². The first-order chi connectivity index (χ1) is 6.85. The Morgan fingerprint density at radius 1 is 1.20 bits per heavy atom. The lowest BCUT2D eigenvalue weighted by Crippen LogP contribution is -2.26. The van der Waals surface area contributed by atoms with E-state index in [1.807, 2.05) is 0 Å². The van der Waals surface area contributed by atoms with Gasteiger partial charge in [-0.25, -0.2) is 13.2 Å². The van der Waals surface area contributed by atoms with Gasteiger partial charge in [0.15, 0.2) is 17.5 Å². The number of rotatable bonds is 0. The van der Waals surface area contributed by atoms with Crippen LogP contribution in [0.5, 0.6) is 0 Å². The van der Waals surface area contributed by atoms with Gasteiger partial charge in [0.05, 0.1) is 11.1 Å². The molecule has 0 spiro atoms. The lowest BCUT2D eigenvalue weighted by molar-refractivity contribution is -0.119. The number of carbonyl (C=O) groups excluding carboxylic acids is 1. The van der Waals surface area contributed by atoms with Crippen molar-refractivity contribution in [3.8, 4) is 0 Å². The zero-order valence-corrected chi connectivity index (χ0v) is 8.12. The normalized spacial score (nSPS) is 17.5. The van der Waals surface area contributed by atoms with Crippen molar-refractivity contribution >= 4 is 11.6 Å². The molecule has 0 aliphatic carbocycles. The number of carbonyl (C=O) groups is 1. The van der Waals surface area contributed by atoms with Crippen LogP contribution in [-0.4, -0.2) is 5.91 Å². The van der Waals surface area contributed by atoms with Gasteiger partial charge in [0.1, 0.15) is 0 Å². The Bertz CT molecular complexity index is 468. The number of fused-ring (bicyclic) bond motifs is 1. The van der Waals surface area contributed by atoms with Crippen molar-refractivity contribution in [2.24, 2.45) is 0 Å². The van der Waals surface area contributed by atoms with E-state index in [4.69, 9.17) is 0 Å². The van der Waals surface area contributed by atoms with Crippen LogP contribution >= 0.6 is 0 Å². The van der Waals surface area contributed by atoms with Crippen LogP contribution in [0.2, 0.25) is 0 Å². The number of halogens is 3. The van der Waals surface area contributed by atoms with Crippen LogP contribution in [0.15, 0.2) is 6.07 Å². The molecule has 2 rings (SSSR count). The standard InChI is InChI=1S/C10H8F3NO/c1-10(2)4-3-5(11)6(12)7(13)8(4)14-9(10)15/h3H,1-2H3,(H,14,15). The SMILES string of the molecule is CC1(C)C(=O)Nc2c1cc(F)c(F)c2F. The van der Waals surface area contributed by atoms with Gasteiger partial charge in [-0.1, -0.05) is 0 Å². The van der Waals surface area contributed by atoms with Gasteiger partial charge >= 0.3 is 0 Å². The summed E-state index contributed by atoms with van der Waals surface area (Å²) in [5, 5.41) is 2.20. The molecule has 0 radical (unpaired) electrons. The molecule has 0 atom stereocenters. The fourth-order valence-corrected chi connectivity index (χ4v) is 1.60. The Morgan fingerprint density at radius 2 is 1.80 bits per heavy atom. The maximum atomic E-state index is 13.3. The van der Waals surface area contributed by atoms with Gasteiger partial charge in [-0.2, -0.15) is 0 Å². The van der Waals surface area contributed by atoms with E-state index in [-0.39, 0.29) is 11.3 Å². The number of anilines is 1. The third-order valence-corrected chi connectivity index (χ3v) is 2.64. The van der Waals surface area contributed by atoms with Crippen molar-refractivity contribution in [2.45, 2.75) is 19.3 Å². The minimum Gasteiger partial charge on any atom is -0.322 e. The van der Waals surface area contributed by atoms with Crippen molar-refractivity contribution < 1.29 is 18.0 Å². The highest BCUT2D eigenvalue weighted by Crippen LogP contribution is 2.40. The van der Waals surface area contributed by atoms with Gasteiger partial charge in [-0.3, -0.25) is 4.79 Å². The van der Waals surface area contributed by atoms with Gasteiger partial charge in [-0.05, 0) is 25.5 Å². The first kappa shape index (κ1) is 10.0. The second-order valence-corrected chi connectivity index (χ2v) is 3.99. The number of hydrogen-bond acceptors (Lipinski definition) is 1. The highest BCUT2D eigenvalue weighted by atomic mass is 19.2. The number of hydrogen-bond donors (Lipinski definition) is 1. The largest absolute Gasteiger partial charge is 0.322 e. The molecule has 1 amide bonds. The van der Waals surface area contributed by atoms with Gasteiger partial charge in [0.25, 0.3) is 0 Å². The summed E-state index contributed by atoms with van der Waals surface area (Å²) in [6.07, 6.45) is 0. The topological polar surface area (TPSA) is 29.1 Å². The molecule has 1 aliphatic heterocycles. The van der Waals surface area contributed by atoms with Crippen LogP contribution in [-0.2, 0) is 10.2 Å². The Balaban J connectivity index is 2.76. The van der Waals surface area contributed by atoms with Gasteiger partial charge < -0.3 is 5.32 Å². The first-order valence-electron chi connectivity index (χ1n) is 4.35. The summed E-state index contributed by atoms with van der Waals surface area (Å²) >= 11 is 0. The molecule has 0 unspecified atom stereocenters. The van der Waals surface area contributed by atoms with Crippen LogP contribution in [0, 0.1) is 17.5 Å². The Hall–Kier alpha value is -1.52. The Labute approximate surface area is 84.1 Å². The molecule has 1 heterocycles. The maximum absolute atomic E-state index is 13.3. The minimum atomic E-state index is -1.56. The van der Waals surface area contributed by atoms with E-state index in [0.717, 1.165) is 6.07 Å². The molecule has 0 fully saturated rings. The van der Waals surface area contributed by atoms with Crippen molar-refractivity contribution in [1.82, 2.24) is 0 Å². The zero-order chi connectivity index (χ0) is 11.4. The van der Waals surface area contributed by atoms with E-state index in [1.165, 1.54) is 13.8 Å². The van der Waals surface area contributed by atoms with E-state index >= 15 is 0 Å². The summed E-state index contributed by atoms with van der Waals surface area (Å²) in [7, 11) is 0. The highest BCUT2D eigenvalue weighted by Gasteiger charge is 2.41. The zero-order valence-electron chi connectivity index (χ0n) is 8.12. The van der Waals surface area contributed by atoms with E-state index in [2.05, 4.69) is 5.32 Å². The molecule has 15 heavy (non-hydrogen) atoms. The van der Waals surface area contributed by atoms with E-state index in [0.29, 0.717) is 0 Å². The quantitative estimate of drug-likeness (QED) is 0.661. The van der Waals surface area contributed by atoms with Crippen molar-refractivity contribution in [1.29, 1.82) is 0 Å². The van der Waals surface area contributed by atoms with Crippen molar-refractivity contribution in [3.63, 3.8) is 0 Å². The molecule has 0 saturated carbocycles. The van der Waals surface area contributed by atoms with Crippen LogP contribution in [0.3, 0.4) is 0 Å². The molecule has 5 heteroatoms. The summed E-state index contributed by atoms with van der Waals surface area (Å²) in [5.41, 5.74) is -1.15. The molecule has 0 aromatic heterocycles. The van der Waals surface area contributed by atoms with Gasteiger partial charge in [-0.15, -0.1) is 0 Å². The average Bonchev–Trinajstić information content (AvgIpc) is 2.38. The molecular formula is C10H8F3NO. The predicted molar refractivity (Wildman–Crippen MR) is 48.0 cm³/mol. The smallest absolute Gasteiger partial charge is 0.234 e. The molecule has 1 aliphatic rings. The number of nitrogens with one attached hydrogen (secondary N) is 1. The first-order valence-corrected chi connectivity index (χ1v) is 4.35. The summed E-state index contributed by atoms with van der Waals surface area (Å²) < 4.78 is 39.1. The molecule has 80 valence electrons. The highest BCUT2D eigenvalue weighted by molar-refractivity contribution is 6.05. The minimum absolute atomic E-state index is 0.143. The molecule has 0 bridgehead atoms. The fraction of sp³-hybridized carbons (Fsp3) is 0.300. The van der Waals surface area contributed by atoms with E-state index in [9.17, 15) is 18.0 Å². The van der Waals surface area contributed by atoms with Crippen LogP contribution in [0.1, 0.15) is 19.4 Å². The number of benzene rings is 1. The summed E-state index contributed by atoms with van der Waals surface area (Å²) in [4.78, 5) is 11.4. The molecule has 1 aromatic carbocycles. The van der Waals surface area contributed by atoms with Gasteiger partial charge in [0.2, 0.25) is 5.91 Å². The third kappa shape index (κ3) is 1.15. The predicted octanol–water partition coefficient (Wildman–Crippen LogP) is 2.33. The number of amides is 1. The summed E-state index contributed by atoms with van der Waals surface area (Å²) in [6, 6.07) is 0.853. The maximum Gasteiger partial charge on any atom is 0.234 e. The average molecular weight is 215 g/mol. The Kier molecular flexibility index (Phi) is 1.83. The van der Waals surface area contributed by atoms with Gasteiger partial charge in [0, 0.05) is 0 Å². The molecule has 1 N–H and O–H groups in total.